The summed E-state index contributed by atoms with van der Waals surface area (Å²) in [5.41, 5.74) is 1.63. The second kappa shape index (κ2) is 13.6. The molecule has 9 heteroatoms. The van der Waals surface area contributed by atoms with E-state index in [1.165, 1.54) is 12.1 Å². The zero-order valence-electron chi connectivity index (χ0n) is 22.6. The number of ether oxygens (including phenoxy) is 2. The van der Waals surface area contributed by atoms with E-state index in [1.807, 2.05) is 72.8 Å². The van der Waals surface area contributed by atoms with E-state index < -0.39 is 11.6 Å². The first-order chi connectivity index (χ1) is 20.4. The number of nitrogens with one attached hydrogen (secondary N) is 1. The minimum absolute atomic E-state index is 0.0566. The SMILES string of the molecule is O=C(NCc1cccc(F)c1)[C@]1(Cc2ccccc2Br)N=C(c2ccc(OCCCO)cc2)O[C@@H]1c1ccc(Br)cc1. The van der Waals surface area contributed by atoms with E-state index in [9.17, 15) is 9.18 Å². The van der Waals surface area contributed by atoms with Gasteiger partial charge in [0.1, 0.15) is 11.6 Å². The third-order valence-electron chi connectivity index (χ3n) is 6.96. The van der Waals surface area contributed by atoms with Gasteiger partial charge in [-0.2, -0.15) is 0 Å². The Hall–Kier alpha value is -3.53. The van der Waals surface area contributed by atoms with E-state index >= 15 is 0 Å². The molecule has 0 radical (unpaired) electrons. The minimum Gasteiger partial charge on any atom is -0.494 e. The molecule has 1 heterocycles. The van der Waals surface area contributed by atoms with Crippen LogP contribution in [0.5, 0.6) is 5.75 Å². The Labute approximate surface area is 260 Å². The van der Waals surface area contributed by atoms with Gasteiger partial charge >= 0.3 is 0 Å². The predicted octanol–water partition coefficient (Wildman–Crippen LogP) is 6.93. The summed E-state index contributed by atoms with van der Waals surface area (Å²) in [4.78, 5) is 19.4. The first-order valence-corrected chi connectivity index (χ1v) is 15.1. The van der Waals surface area contributed by atoms with Crippen molar-refractivity contribution in [2.24, 2.45) is 4.99 Å². The fraction of sp³-hybridized carbons (Fsp3) is 0.212. The van der Waals surface area contributed by atoms with Gasteiger partial charge in [-0.05, 0) is 71.3 Å². The molecule has 2 N–H and O–H groups in total. The first kappa shape index (κ1) is 29.9. The van der Waals surface area contributed by atoms with Gasteiger partial charge < -0.3 is 19.9 Å². The lowest BCUT2D eigenvalue weighted by atomic mass is 9.82. The molecule has 0 bridgehead atoms. The summed E-state index contributed by atoms with van der Waals surface area (Å²) in [6, 6.07) is 28.8. The van der Waals surface area contributed by atoms with Crippen molar-refractivity contribution in [1.82, 2.24) is 5.32 Å². The Balaban J connectivity index is 1.56. The van der Waals surface area contributed by atoms with Crippen molar-refractivity contribution in [1.29, 1.82) is 0 Å². The van der Waals surface area contributed by atoms with Crippen molar-refractivity contribution in [3.8, 4) is 5.75 Å². The minimum atomic E-state index is -1.38. The number of carbonyl (C=O) groups excluding carboxylic acids is 1. The van der Waals surface area contributed by atoms with Gasteiger partial charge in [-0.15, -0.1) is 0 Å². The molecule has 0 spiro atoms. The molecule has 0 unspecified atom stereocenters. The van der Waals surface area contributed by atoms with Crippen LogP contribution < -0.4 is 10.1 Å². The van der Waals surface area contributed by atoms with Crippen LogP contribution in [-0.2, 0) is 22.5 Å². The maximum Gasteiger partial charge on any atom is 0.252 e. The second-order valence-corrected chi connectivity index (χ2v) is 11.7. The van der Waals surface area contributed by atoms with Crippen molar-refractivity contribution < 1.29 is 23.8 Å². The van der Waals surface area contributed by atoms with Crippen LogP contribution in [-0.4, -0.2) is 35.7 Å². The van der Waals surface area contributed by atoms with Crippen molar-refractivity contribution >= 4 is 43.7 Å². The predicted molar refractivity (Wildman–Crippen MR) is 167 cm³/mol. The number of benzene rings is 4. The first-order valence-electron chi connectivity index (χ1n) is 13.5. The van der Waals surface area contributed by atoms with Crippen LogP contribution >= 0.6 is 31.9 Å². The highest BCUT2D eigenvalue weighted by Gasteiger charge is 2.53. The van der Waals surface area contributed by atoms with Gasteiger partial charge in [0.25, 0.3) is 5.91 Å². The number of rotatable bonds is 11. The number of amides is 1. The van der Waals surface area contributed by atoms with Crippen molar-refractivity contribution in [3.05, 3.63) is 134 Å². The molecule has 6 nitrogen and oxygen atoms in total. The summed E-state index contributed by atoms with van der Waals surface area (Å²) in [7, 11) is 0. The highest BCUT2D eigenvalue weighted by molar-refractivity contribution is 9.10. The quantitative estimate of drug-likeness (QED) is 0.167. The Kier molecular flexibility index (Phi) is 9.72. The fourth-order valence-electron chi connectivity index (χ4n) is 4.83. The normalized spacial score (nSPS) is 17.8. The number of hydrogen-bond donors (Lipinski definition) is 2. The van der Waals surface area contributed by atoms with Gasteiger partial charge in [-0.1, -0.05) is 74.3 Å². The lowest BCUT2D eigenvalue weighted by Crippen LogP contribution is -2.49. The van der Waals surface area contributed by atoms with Gasteiger partial charge in [0.2, 0.25) is 5.90 Å². The van der Waals surface area contributed by atoms with Crippen molar-refractivity contribution in [3.63, 3.8) is 0 Å². The maximum absolute atomic E-state index is 14.3. The lowest BCUT2D eigenvalue weighted by molar-refractivity contribution is -0.129. The average Bonchev–Trinajstić information content (AvgIpc) is 3.38. The molecule has 1 aliphatic heterocycles. The summed E-state index contributed by atoms with van der Waals surface area (Å²) in [5.74, 6) is 0.278. The molecule has 0 aliphatic carbocycles. The number of aliphatic hydroxyl groups excluding tert-OH is 1. The molecule has 216 valence electrons. The molecule has 42 heavy (non-hydrogen) atoms. The van der Waals surface area contributed by atoms with E-state index in [-0.39, 0.29) is 31.3 Å². The standard InChI is InChI=1S/C33H29Br2FN2O4/c34-26-13-9-23(10-14-26)30-33(20-25-6-1-2-8-29(25)35,32(40)37-21-22-5-3-7-27(36)19-22)38-31(42-30)24-11-15-28(16-12-24)41-18-4-17-39/h1-3,5-16,19,30,39H,4,17-18,20-21H2,(H,37,40)/t30-,33-/m1/s1. The van der Waals surface area contributed by atoms with Gasteiger partial charge in [-0.25, -0.2) is 9.38 Å². The molecule has 4 aromatic rings. The van der Waals surface area contributed by atoms with Crippen LogP contribution in [0.1, 0.15) is 34.8 Å². The largest absolute Gasteiger partial charge is 0.494 e. The van der Waals surface area contributed by atoms with Crippen molar-refractivity contribution in [2.45, 2.75) is 31.0 Å². The van der Waals surface area contributed by atoms with E-state index in [0.29, 0.717) is 35.8 Å². The van der Waals surface area contributed by atoms with E-state index in [0.717, 1.165) is 20.1 Å². The molecule has 0 saturated carbocycles. The smallest absolute Gasteiger partial charge is 0.252 e. The van der Waals surface area contributed by atoms with Gasteiger partial charge in [0.15, 0.2) is 11.6 Å². The van der Waals surface area contributed by atoms with Crippen LogP contribution in [0.15, 0.2) is 111 Å². The zero-order valence-corrected chi connectivity index (χ0v) is 25.8. The number of aliphatic hydroxyl groups is 1. The summed E-state index contributed by atoms with van der Waals surface area (Å²) in [6.45, 7) is 0.590. The van der Waals surface area contributed by atoms with Crippen LogP contribution in [0.25, 0.3) is 0 Å². The molecule has 2 atom stereocenters. The number of aliphatic imine (C=N–C) groups is 1. The molecular weight excluding hydrogens is 667 g/mol. The van der Waals surface area contributed by atoms with E-state index in [4.69, 9.17) is 19.6 Å². The van der Waals surface area contributed by atoms with Crippen LogP contribution in [0.3, 0.4) is 0 Å². The Morgan fingerprint density at radius 2 is 1.76 bits per heavy atom. The highest BCUT2D eigenvalue weighted by Crippen LogP contribution is 2.43. The van der Waals surface area contributed by atoms with Crippen molar-refractivity contribution in [2.75, 3.05) is 13.2 Å². The number of carbonyl (C=O) groups is 1. The average molecular weight is 696 g/mol. The Bertz CT molecular complexity index is 1560. The number of hydrogen-bond acceptors (Lipinski definition) is 5. The molecule has 1 amide bonds. The van der Waals surface area contributed by atoms with Crippen LogP contribution in [0.2, 0.25) is 0 Å². The third kappa shape index (κ3) is 6.91. The molecule has 5 rings (SSSR count). The summed E-state index contributed by atoms with van der Waals surface area (Å²) in [6.07, 6.45) is 0.0331. The molecule has 0 aromatic heterocycles. The molecule has 1 aliphatic rings. The highest BCUT2D eigenvalue weighted by atomic mass is 79.9. The van der Waals surface area contributed by atoms with Crippen LogP contribution in [0.4, 0.5) is 4.39 Å². The second-order valence-electron chi connectivity index (χ2n) is 9.92. The lowest BCUT2D eigenvalue weighted by Gasteiger charge is -2.31. The molecule has 4 aromatic carbocycles. The fourth-order valence-corrected chi connectivity index (χ4v) is 5.52. The third-order valence-corrected chi connectivity index (χ3v) is 8.26. The topological polar surface area (TPSA) is 80.2 Å². The molecule has 0 fully saturated rings. The van der Waals surface area contributed by atoms with E-state index in [2.05, 4.69) is 37.2 Å². The van der Waals surface area contributed by atoms with Crippen LogP contribution in [0, 0.1) is 5.82 Å². The van der Waals surface area contributed by atoms with E-state index in [1.54, 1.807) is 12.1 Å². The zero-order chi connectivity index (χ0) is 29.5. The maximum atomic E-state index is 14.3. The summed E-state index contributed by atoms with van der Waals surface area (Å²) < 4.78 is 27.9. The Morgan fingerprint density at radius 3 is 2.48 bits per heavy atom. The summed E-state index contributed by atoms with van der Waals surface area (Å²) in [5, 5.41) is 12.0. The molecule has 0 saturated heterocycles. The summed E-state index contributed by atoms with van der Waals surface area (Å²) >= 11 is 7.14. The molecular formula is C33H29Br2FN2O4. The monoisotopic (exact) mass is 694 g/mol. The van der Waals surface area contributed by atoms with Gasteiger partial charge in [-0.3, -0.25) is 4.79 Å². The Morgan fingerprint density at radius 1 is 1.00 bits per heavy atom. The van der Waals surface area contributed by atoms with Gasteiger partial charge in [0.05, 0.1) is 6.61 Å². The number of nitrogens with zero attached hydrogens (tertiary/aromatic N) is 1. The van der Waals surface area contributed by atoms with Gasteiger partial charge in [0, 0.05) is 40.5 Å². The number of halogens is 3.